The Morgan fingerprint density at radius 3 is 2.05 bits per heavy atom. The highest BCUT2D eigenvalue weighted by Gasteiger charge is 2.15. The molecule has 0 fully saturated rings. The molecule has 1 nitrogen and oxygen atoms in total. The van der Waals surface area contributed by atoms with Crippen LogP contribution >= 0.6 is 31.9 Å². The van der Waals surface area contributed by atoms with E-state index in [1.807, 2.05) is 24.3 Å². The van der Waals surface area contributed by atoms with Crippen molar-refractivity contribution in [2.45, 2.75) is 11.9 Å². The van der Waals surface area contributed by atoms with Crippen LogP contribution < -0.4 is 4.90 Å². The van der Waals surface area contributed by atoms with Gasteiger partial charge in [0, 0.05) is 23.4 Å². The molecule has 0 amide bonds. The standard InChI is InChI=1S/C15H13Br2F2N/c1-20(9-10-2-4-12(17)5-3-10)15-13(18)6-11(8-16)7-14(15)19/h2-7H,8-9H2,1H3. The second kappa shape index (κ2) is 6.68. The van der Waals surface area contributed by atoms with E-state index in [1.54, 1.807) is 11.9 Å². The van der Waals surface area contributed by atoms with Crippen LogP contribution in [0.3, 0.4) is 0 Å². The molecule has 0 saturated heterocycles. The average Bonchev–Trinajstić information content (AvgIpc) is 2.40. The Hall–Kier alpha value is -0.940. The highest BCUT2D eigenvalue weighted by atomic mass is 79.9. The van der Waals surface area contributed by atoms with Gasteiger partial charge in [0.2, 0.25) is 0 Å². The lowest BCUT2D eigenvalue weighted by atomic mass is 10.1. The van der Waals surface area contributed by atoms with E-state index in [1.165, 1.54) is 12.1 Å². The second-order valence-electron chi connectivity index (χ2n) is 4.52. The Labute approximate surface area is 133 Å². The number of hydrogen-bond donors (Lipinski definition) is 0. The minimum Gasteiger partial charge on any atom is -0.366 e. The topological polar surface area (TPSA) is 3.24 Å². The molecule has 0 bridgehead atoms. The second-order valence-corrected chi connectivity index (χ2v) is 6.00. The quantitative estimate of drug-likeness (QED) is 0.628. The third-order valence-corrected chi connectivity index (χ3v) is 4.12. The molecule has 20 heavy (non-hydrogen) atoms. The van der Waals surface area contributed by atoms with Crippen molar-refractivity contribution in [1.82, 2.24) is 0 Å². The SMILES string of the molecule is CN(Cc1ccc(Br)cc1)c1c(F)cc(CBr)cc1F. The zero-order valence-electron chi connectivity index (χ0n) is 10.8. The maximum Gasteiger partial charge on any atom is 0.149 e. The minimum atomic E-state index is -0.543. The number of nitrogens with zero attached hydrogens (tertiary/aromatic N) is 1. The van der Waals surface area contributed by atoms with Crippen molar-refractivity contribution in [1.29, 1.82) is 0 Å². The van der Waals surface area contributed by atoms with Gasteiger partial charge in [-0.05, 0) is 35.4 Å². The molecule has 0 saturated carbocycles. The first-order chi connectivity index (χ1) is 9.51. The molecule has 0 aromatic heterocycles. The molecule has 2 aromatic rings. The predicted octanol–water partition coefficient (Wildman–Crippen LogP) is 5.26. The largest absolute Gasteiger partial charge is 0.366 e. The van der Waals surface area contributed by atoms with Crippen molar-refractivity contribution >= 4 is 37.5 Å². The highest BCUT2D eigenvalue weighted by Crippen LogP contribution is 2.26. The van der Waals surface area contributed by atoms with E-state index >= 15 is 0 Å². The Kier molecular flexibility index (Phi) is 5.16. The Morgan fingerprint density at radius 2 is 1.55 bits per heavy atom. The minimum absolute atomic E-state index is 0.00220. The number of hydrogen-bond acceptors (Lipinski definition) is 1. The monoisotopic (exact) mass is 403 g/mol. The third kappa shape index (κ3) is 3.58. The van der Waals surface area contributed by atoms with Crippen LogP contribution in [0.1, 0.15) is 11.1 Å². The summed E-state index contributed by atoms with van der Waals surface area (Å²) < 4.78 is 29.0. The summed E-state index contributed by atoms with van der Waals surface area (Å²) in [6, 6.07) is 10.4. The van der Waals surface area contributed by atoms with Crippen LogP contribution in [-0.2, 0) is 11.9 Å². The summed E-state index contributed by atoms with van der Waals surface area (Å²) in [5.41, 5.74) is 1.57. The van der Waals surface area contributed by atoms with Gasteiger partial charge in [0.1, 0.15) is 17.3 Å². The van der Waals surface area contributed by atoms with E-state index in [0.29, 0.717) is 17.4 Å². The van der Waals surface area contributed by atoms with E-state index in [0.717, 1.165) is 10.0 Å². The number of alkyl halides is 1. The van der Waals surface area contributed by atoms with Crippen molar-refractivity contribution in [3.05, 3.63) is 63.6 Å². The molecule has 2 aromatic carbocycles. The lowest BCUT2D eigenvalue weighted by Crippen LogP contribution is -2.19. The smallest absolute Gasteiger partial charge is 0.149 e. The summed E-state index contributed by atoms with van der Waals surface area (Å²) in [5, 5.41) is 0.428. The molecule has 0 atom stereocenters. The molecule has 2 rings (SSSR count). The molecular formula is C15H13Br2F2N. The summed E-state index contributed by atoms with van der Waals surface area (Å²) in [5.74, 6) is -1.09. The van der Waals surface area contributed by atoms with Crippen LogP contribution in [0.15, 0.2) is 40.9 Å². The van der Waals surface area contributed by atoms with Crippen LogP contribution in [0, 0.1) is 11.6 Å². The lowest BCUT2D eigenvalue weighted by molar-refractivity contribution is 0.574. The molecule has 0 aliphatic rings. The van der Waals surface area contributed by atoms with Crippen molar-refractivity contribution < 1.29 is 8.78 Å². The molecule has 0 radical (unpaired) electrons. The zero-order valence-corrected chi connectivity index (χ0v) is 14.0. The Morgan fingerprint density at radius 1 is 1.00 bits per heavy atom. The van der Waals surface area contributed by atoms with Gasteiger partial charge in [0.25, 0.3) is 0 Å². The molecule has 0 heterocycles. The molecule has 0 aliphatic heterocycles. The Balaban J connectivity index is 2.25. The van der Waals surface area contributed by atoms with Crippen LogP contribution in [0.5, 0.6) is 0 Å². The summed E-state index contributed by atoms with van der Waals surface area (Å²) in [6.45, 7) is 0.439. The van der Waals surface area contributed by atoms with Crippen molar-refractivity contribution in [3.63, 3.8) is 0 Å². The summed E-state index contributed by atoms with van der Waals surface area (Å²) in [7, 11) is 1.68. The van der Waals surface area contributed by atoms with E-state index in [4.69, 9.17) is 0 Å². The maximum atomic E-state index is 14.0. The number of benzene rings is 2. The van der Waals surface area contributed by atoms with Gasteiger partial charge in [-0.2, -0.15) is 0 Å². The fourth-order valence-corrected chi connectivity index (χ4v) is 2.59. The lowest BCUT2D eigenvalue weighted by Gasteiger charge is -2.21. The summed E-state index contributed by atoms with van der Waals surface area (Å²) in [4.78, 5) is 1.58. The van der Waals surface area contributed by atoms with E-state index in [9.17, 15) is 8.78 Å². The fourth-order valence-electron chi connectivity index (χ4n) is 2.00. The zero-order chi connectivity index (χ0) is 14.7. The van der Waals surface area contributed by atoms with Gasteiger partial charge in [-0.25, -0.2) is 8.78 Å². The first-order valence-corrected chi connectivity index (χ1v) is 7.92. The molecule has 0 aliphatic carbocycles. The van der Waals surface area contributed by atoms with E-state index in [-0.39, 0.29) is 5.69 Å². The van der Waals surface area contributed by atoms with Crippen LogP contribution in [0.2, 0.25) is 0 Å². The highest BCUT2D eigenvalue weighted by molar-refractivity contribution is 9.10. The third-order valence-electron chi connectivity index (χ3n) is 2.95. The maximum absolute atomic E-state index is 14.0. The van der Waals surface area contributed by atoms with Crippen LogP contribution in [0.4, 0.5) is 14.5 Å². The predicted molar refractivity (Wildman–Crippen MR) is 85.2 cm³/mol. The van der Waals surface area contributed by atoms with Gasteiger partial charge < -0.3 is 4.90 Å². The van der Waals surface area contributed by atoms with Gasteiger partial charge in [0.15, 0.2) is 0 Å². The van der Waals surface area contributed by atoms with E-state index < -0.39 is 11.6 Å². The van der Waals surface area contributed by atoms with Gasteiger partial charge in [-0.3, -0.25) is 0 Å². The number of halogens is 4. The van der Waals surface area contributed by atoms with Gasteiger partial charge in [0.05, 0.1) is 0 Å². The molecular weight excluding hydrogens is 392 g/mol. The van der Waals surface area contributed by atoms with Crippen LogP contribution in [-0.4, -0.2) is 7.05 Å². The van der Waals surface area contributed by atoms with E-state index in [2.05, 4.69) is 31.9 Å². The summed E-state index contributed by atoms with van der Waals surface area (Å²) in [6.07, 6.45) is 0. The first kappa shape index (κ1) is 15.4. The fraction of sp³-hybridized carbons (Fsp3) is 0.200. The molecule has 106 valence electrons. The van der Waals surface area contributed by atoms with Gasteiger partial charge in [-0.15, -0.1) is 0 Å². The molecule has 0 unspecified atom stereocenters. The molecule has 0 spiro atoms. The van der Waals surface area contributed by atoms with Crippen LogP contribution in [0.25, 0.3) is 0 Å². The number of rotatable bonds is 4. The summed E-state index contributed by atoms with van der Waals surface area (Å²) >= 11 is 6.55. The average molecular weight is 405 g/mol. The molecule has 5 heteroatoms. The van der Waals surface area contributed by atoms with Crippen molar-refractivity contribution in [3.8, 4) is 0 Å². The number of anilines is 1. The first-order valence-electron chi connectivity index (χ1n) is 6.00. The van der Waals surface area contributed by atoms with Crippen molar-refractivity contribution in [2.75, 3.05) is 11.9 Å². The molecule has 0 N–H and O–H groups in total. The van der Waals surface area contributed by atoms with Gasteiger partial charge >= 0.3 is 0 Å². The van der Waals surface area contributed by atoms with Crippen molar-refractivity contribution in [2.24, 2.45) is 0 Å². The van der Waals surface area contributed by atoms with Gasteiger partial charge in [-0.1, -0.05) is 44.0 Å². The normalized spacial score (nSPS) is 10.7. The Bertz CT molecular complexity index is 576.